The van der Waals surface area contributed by atoms with Crippen molar-refractivity contribution in [1.29, 1.82) is 0 Å². The zero-order valence-electron chi connectivity index (χ0n) is 13.3. The summed E-state index contributed by atoms with van der Waals surface area (Å²) in [6.07, 6.45) is 2.56. The Morgan fingerprint density at radius 2 is 1.90 bits per heavy atom. The number of benzene rings is 1. The van der Waals surface area contributed by atoms with Gasteiger partial charge in [-0.3, -0.25) is 0 Å². The van der Waals surface area contributed by atoms with Gasteiger partial charge in [-0.05, 0) is 62.3 Å². The first kappa shape index (κ1) is 13.4. The Kier molecular flexibility index (Phi) is 2.63. The summed E-state index contributed by atoms with van der Waals surface area (Å²) in [5, 5.41) is 2.29. The lowest BCUT2D eigenvalue weighted by molar-refractivity contribution is 0.170. The smallest absolute Gasteiger partial charge is 0.0724 e. The van der Waals surface area contributed by atoms with Crippen LogP contribution in [0.25, 0.3) is 0 Å². The molecule has 5 rings (SSSR count). The minimum Gasteiger partial charge on any atom is -0.357 e. The molecule has 0 spiro atoms. The van der Waals surface area contributed by atoms with Gasteiger partial charge in [0.2, 0.25) is 0 Å². The van der Waals surface area contributed by atoms with Crippen molar-refractivity contribution in [3.05, 3.63) is 51.7 Å². The SMILES string of the molecule is Cc1ccccc1N1C(C)C2(C)CCC1(C)c1sccc12. The predicted molar refractivity (Wildman–Crippen MR) is 91.4 cm³/mol. The molecule has 3 atom stereocenters. The molecule has 2 bridgehead atoms. The van der Waals surface area contributed by atoms with Crippen molar-refractivity contribution in [2.75, 3.05) is 4.90 Å². The zero-order valence-corrected chi connectivity index (χ0v) is 14.1. The topological polar surface area (TPSA) is 3.24 Å². The maximum Gasteiger partial charge on any atom is 0.0724 e. The molecule has 3 heterocycles. The average Bonchev–Trinajstić information content (AvgIpc) is 2.96. The highest BCUT2D eigenvalue weighted by Crippen LogP contribution is 2.59. The van der Waals surface area contributed by atoms with Crippen LogP contribution in [-0.4, -0.2) is 6.04 Å². The van der Waals surface area contributed by atoms with E-state index in [0.717, 1.165) is 0 Å². The van der Waals surface area contributed by atoms with Crippen molar-refractivity contribution in [2.24, 2.45) is 0 Å². The van der Waals surface area contributed by atoms with E-state index in [1.54, 1.807) is 10.4 Å². The number of hydrogen-bond acceptors (Lipinski definition) is 2. The highest BCUT2D eigenvalue weighted by atomic mass is 32.1. The van der Waals surface area contributed by atoms with Gasteiger partial charge in [0.1, 0.15) is 0 Å². The van der Waals surface area contributed by atoms with Crippen LogP contribution >= 0.6 is 11.3 Å². The Labute approximate surface area is 131 Å². The maximum atomic E-state index is 2.71. The molecule has 1 aromatic heterocycles. The highest BCUT2D eigenvalue weighted by molar-refractivity contribution is 7.10. The number of fused-ring (bicyclic) bond motifs is 2. The van der Waals surface area contributed by atoms with E-state index >= 15 is 0 Å². The molecule has 1 saturated heterocycles. The molecular formula is C19H23NS. The monoisotopic (exact) mass is 297 g/mol. The molecule has 0 amide bonds. The maximum absolute atomic E-state index is 2.71. The fourth-order valence-corrected chi connectivity index (χ4v) is 5.83. The summed E-state index contributed by atoms with van der Waals surface area (Å²) >= 11 is 1.95. The Morgan fingerprint density at radius 3 is 2.67 bits per heavy atom. The van der Waals surface area contributed by atoms with Crippen LogP contribution < -0.4 is 4.90 Å². The Hall–Kier alpha value is -1.28. The highest BCUT2D eigenvalue weighted by Gasteiger charge is 2.57. The van der Waals surface area contributed by atoms with Crippen LogP contribution in [0.5, 0.6) is 0 Å². The summed E-state index contributed by atoms with van der Waals surface area (Å²) in [7, 11) is 0. The number of para-hydroxylation sites is 1. The number of piperidine rings is 1. The Bertz CT molecular complexity index is 703. The van der Waals surface area contributed by atoms with E-state index in [4.69, 9.17) is 0 Å². The van der Waals surface area contributed by atoms with Crippen molar-refractivity contribution < 1.29 is 0 Å². The number of nitrogens with zero attached hydrogens (tertiary/aromatic N) is 1. The van der Waals surface area contributed by atoms with Crippen LogP contribution in [0.1, 0.15) is 49.6 Å². The van der Waals surface area contributed by atoms with Gasteiger partial charge in [-0.25, -0.2) is 0 Å². The molecule has 110 valence electrons. The lowest BCUT2D eigenvalue weighted by Gasteiger charge is -2.62. The quantitative estimate of drug-likeness (QED) is 0.696. The Balaban J connectivity index is 1.97. The summed E-state index contributed by atoms with van der Waals surface area (Å²) in [5.41, 5.74) is 4.86. The molecule has 0 N–H and O–H groups in total. The molecule has 0 radical (unpaired) electrons. The molecule has 2 aromatic rings. The Morgan fingerprint density at radius 1 is 1.14 bits per heavy atom. The van der Waals surface area contributed by atoms with Crippen LogP contribution in [0.3, 0.4) is 0 Å². The summed E-state index contributed by atoms with van der Waals surface area (Å²) in [4.78, 5) is 4.31. The van der Waals surface area contributed by atoms with E-state index in [9.17, 15) is 0 Å². The summed E-state index contributed by atoms with van der Waals surface area (Å²) in [5.74, 6) is 0. The van der Waals surface area contributed by atoms with E-state index in [0.29, 0.717) is 6.04 Å². The van der Waals surface area contributed by atoms with Crippen LogP contribution in [0.15, 0.2) is 35.7 Å². The first-order valence-corrected chi connectivity index (χ1v) is 8.80. The van der Waals surface area contributed by atoms with Gasteiger partial charge in [0.15, 0.2) is 0 Å². The summed E-state index contributed by atoms with van der Waals surface area (Å²) < 4.78 is 0. The number of aryl methyl sites for hydroxylation is 1. The van der Waals surface area contributed by atoms with Crippen LogP contribution in [-0.2, 0) is 11.0 Å². The van der Waals surface area contributed by atoms with Gasteiger partial charge in [-0.2, -0.15) is 0 Å². The second-order valence-corrected chi connectivity index (χ2v) is 8.10. The van der Waals surface area contributed by atoms with Crippen LogP contribution in [0, 0.1) is 6.92 Å². The first-order chi connectivity index (χ1) is 9.98. The third-order valence-corrected chi connectivity index (χ3v) is 7.28. The number of anilines is 1. The van der Waals surface area contributed by atoms with Crippen molar-refractivity contribution in [3.8, 4) is 0 Å². The second kappa shape index (κ2) is 4.13. The van der Waals surface area contributed by atoms with Crippen molar-refractivity contribution in [1.82, 2.24) is 0 Å². The summed E-state index contributed by atoms with van der Waals surface area (Å²) in [6, 6.07) is 11.8. The second-order valence-electron chi connectivity index (χ2n) is 7.19. The van der Waals surface area contributed by atoms with Gasteiger partial charge in [0.25, 0.3) is 0 Å². The van der Waals surface area contributed by atoms with E-state index in [2.05, 4.69) is 68.3 Å². The predicted octanol–water partition coefficient (Wildman–Crippen LogP) is 5.23. The van der Waals surface area contributed by atoms with Gasteiger partial charge in [-0.15, -0.1) is 11.3 Å². The fraction of sp³-hybridized carbons (Fsp3) is 0.474. The molecule has 2 aliphatic heterocycles. The van der Waals surface area contributed by atoms with Crippen LogP contribution in [0.4, 0.5) is 5.69 Å². The normalized spacial score (nSPS) is 34.1. The molecular weight excluding hydrogens is 274 g/mol. The van der Waals surface area contributed by atoms with Gasteiger partial charge in [-0.1, -0.05) is 25.1 Å². The molecule has 1 nitrogen and oxygen atoms in total. The van der Waals surface area contributed by atoms with Gasteiger partial charge in [0.05, 0.1) is 5.54 Å². The zero-order chi connectivity index (χ0) is 14.8. The summed E-state index contributed by atoms with van der Waals surface area (Å²) in [6.45, 7) is 9.58. The largest absolute Gasteiger partial charge is 0.357 e. The van der Waals surface area contributed by atoms with Crippen LogP contribution in [0.2, 0.25) is 0 Å². The average molecular weight is 297 g/mol. The third-order valence-electron chi connectivity index (χ3n) is 6.12. The van der Waals surface area contributed by atoms with E-state index < -0.39 is 0 Å². The molecule has 1 aromatic carbocycles. The molecule has 2 heteroatoms. The fourth-order valence-electron chi connectivity index (χ4n) is 4.61. The van der Waals surface area contributed by atoms with Crippen molar-refractivity contribution in [3.63, 3.8) is 0 Å². The van der Waals surface area contributed by atoms with E-state index in [1.807, 2.05) is 11.3 Å². The molecule has 3 unspecified atom stereocenters. The van der Waals surface area contributed by atoms with E-state index in [1.165, 1.54) is 24.1 Å². The standard InChI is InChI=1S/C19H23NS/c1-13-7-5-6-8-16(13)20-14(2)18(3)10-11-19(20,4)17-15(18)9-12-21-17/h5-9,12,14H,10-11H2,1-4H3. The van der Waals surface area contributed by atoms with Gasteiger partial charge >= 0.3 is 0 Å². The van der Waals surface area contributed by atoms with Crippen molar-refractivity contribution >= 4 is 17.0 Å². The molecule has 3 aliphatic rings. The van der Waals surface area contributed by atoms with Crippen molar-refractivity contribution in [2.45, 2.75) is 57.5 Å². The lowest BCUT2D eigenvalue weighted by atomic mass is 9.59. The lowest BCUT2D eigenvalue weighted by Crippen LogP contribution is -2.65. The molecule has 21 heavy (non-hydrogen) atoms. The minimum atomic E-state index is 0.160. The number of thiophene rings is 1. The van der Waals surface area contributed by atoms with Gasteiger partial charge < -0.3 is 4.90 Å². The van der Waals surface area contributed by atoms with Gasteiger partial charge in [0, 0.05) is 22.0 Å². The molecule has 1 aliphatic carbocycles. The van der Waals surface area contributed by atoms with E-state index in [-0.39, 0.29) is 11.0 Å². The number of hydrogen-bond donors (Lipinski definition) is 0. The first-order valence-electron chi connectivity index (χ1n) is 7.92. The molecule has 1 fully saturated rings. The number of rotatable bonds is 1. The minimum absolute atomic E-state index is 0.160. The third kappa shape index (κ3) is 1.52. The molecule has 0 saturated carbocycles.